The molecule has 0 nitrogen and oxygen atoms in total. The van der Waals surface area contributed by atoms with Crippen molar-refractivity contribution in [3.8, 4) is 55.6 Å². The summed E-state index contributed by atoms with van der Waals surface area (Å²) < 4.78 is 0. The summed E-state index contributed by atoms with van der Waals surface area (Å²) in [6, 6.07) is 62.8. The third kappa shape index (κ3) is 3.62. The Morgan fingerprint density at radius 3 is 1.65 bits per heavy atom. The Morgan fingerprint density at radius 1 is 0.239 bits per heavy atom. The standard InChI is InChI=1S/C46H28/c1-2-11-29(12-3-1)32-23-24-42-43(28-32)46(41-26-25-40-35-16-7-6-15-34(35)36-19-10-20-39(41)45(36)40)38-18-9-8-17-37(38)44(42)33-22-21-30-13-4-5-14-31(30)27-33/h1-28H. The molecule has 0 saturated carbocycles. The van der Waals surface area contributed by atoms with E-state index in [-0.39, 0.29) is 0 Å². The molecule has 0 N–H and O–H groups in total. The molecule has 1 aliphatic carbocycles. The Kier molecular flexibility index (Phi) is 5.38. The van der Waals surface area contributed by atoms with Crippen molar-refractivity contribution in [3.05, 3.63) is 170 Å². The van der Waals surface area contributed by atoms with Crippen molar-refractivity contribution in [2.75, 3.05) is 0 Å². The predicted octanol–water partition coefficient (Wildman–Crippen LogP) is 12.9. The maximum atomic E-state index is 2.43. The molecule has 0 aliphatic heterocycles. The van der Waals surface area contributed by atoms with Crippen molar-refractivity contribution in [2.24, 2.45) is 0 Å². The van der Waals surface area contributed by atoms with Gasteiger partial charge in [-0.25, -0.2) is 0 Å². The average Bonchev–Trinajstić information content (AvgIpc) is 3.46. The molecule has 9 aromatic carbocycles. The van der Waals surface area contributed by atoms with Crippen LogP contribution in [0, 0.1) is 0 Å². The van der Waals surface area contributed by atoms with Crippen LogP contribution in [0.4, 0.5) is 0 Å². The second kappa shape index (κ2) is 9.76. The Hall–Kier alpha value is -5.98. The van der Waals surface area contributed by atoms with Gasteiger partial charge in [-0.3, -0.25) is 0 Å². The minimum absolute atomic E-state index is 1.23. The lowest BCUT2D eigenvalue weighted by Gasteiger charge is -2.20. The van der Waals surface area contributed by atoms with Crippen LogP contribution in [0.15, 0.2) is 170 Å². The SMILES string of the molecule is c1ccc(-c2ccc3c(-c4ccc5ccccc5c4)c4ccccc4c(-c4ccc5c6c(cccc46)-c4ccccc4-5)c3c2)cc1. The highest BCUT2D eigenvalue weighted by molar-refractivity contribution is 6.27. The molecule has 0 fully saturated rings. The molecule has 212 valence electrons. The largest absolute Gasteiger partial charge is 0.0622 e. The number of fused-ring (bicyclic) bond motifs is 6. The van der Waals surface area contributed by atoms with Crippen LogP contribution in [0.2, 0.25) is 0 Å². The highest BCUT2D eigenvalue weighted by Crippen LogP contribution is 2.52. The van der Waals surface area contributed by atoms with Gasteiger partial charge in [-0.15, -0.1) is 0 Å². The highest BCUT2D eigenvalue weighted by atomic mass is 14.3. The lowest BCUT2D eigenvalue weighted by Crippen LogP contribution is -1.93. The number of benzene rings is 9. The number of rotatable bonds is 3. The van der Waals surface area contributed by atoms with E-state index < -0.39 is 0 Å². The van der Waals surface area contributed by atoms with E-state index in [4.69, 9.17) is 0 Å². The Labute approximate surface area is 267 Å². The van der Waals surface area contributed by atoms with Gasteiger partial charge in [0.15, 0.2) is 0 Å². The summed E-state index contributed by atoms with van der Waals surface area (Å²) >= 11 is 0. The number of hydrogen-bond donors (Lipinski definition) is 0. The third-order valence-electron chi connectivity index (χ3n) is 9.99. The van der Waals surface area contributed by atoms with Crippen LogP contribution in [0.25, 0.3) is 98.7 Å². The Balaban J connectivity index is 1.36. The van der Waals surface area contributed by atoms with Gasteiger partial charge in [-0.05, 0) is 111 Å². The topological polar surface area (TPSA) is 0 Å². The molecule has 0 atom stereocenters. The van der Waals surface area contributed by atoms with Gasteiger partial charge in [0.1, 0.15) is 0 Å². The smallest absolute Gasteiger partial charge is 0.00199 e. The zero-order valence-corrected chi connectivity index (χ0v) is 25.2. The first-order valence-corrected chi connectivity index (χ1v) is 16.0. The van der Waals surface area contributed by atoms with E-state index in [9.17, 15) is 0 Å². The van der Waals surface area contributed by atoms with Crippen molar-refractivity contribution in [1.29, 1.82) is 0 Å². The average molecular weight is 581 g/mol. The van der Waals surface area contributed by atoms with Crippen molar-refractivity contribution in [1.82, 2.24) is 0 Å². The van der Waals surface area contributed by atoms with Gasteiger partial charge in [-0.2, -0.15) is 0 Å². The van der Waals surface area contributed by atoms with E-state index in [2.05, 4.69) is 170 Å². The maximum absolute atomic E-state index is 2.43. The number of hydrogen-bond acceptors (Lipinski definition) is 0. The molecule has 0 heterocycles. The summed E-state index contributed by atoms with van der Waals surface area (Å²) in [5, 5.41) is 10.3. The van der Waals surface area contributed by atoms with Gasteiger partial charge in [0.25, 0.3) is 0 Å². The zero-order valence-electron chi connectivity index (χ0n) is 25.2. The maximum Gasteiger partial charge on any atom is -0.00199 e. The molecule has 0 heteroatoms. The van der Waals surface area contributed by atoms with E-state index in [0.29, 0.717) is 0 Å². The van der Waals surface area contributed by atoms with Crippen LogP contribution in [0.1, 0.15) is 0 Å². The molecule has 0 spiro atoms. The fourth-order valence-electron chi connectivity index (χ4n) is 7.96. The van der Waals surface area contributed by atoms with Crippen LogP contribution in [-0.2, 0) is 0 Å². The molecule has 1 aliphatic rings. The first kappa shape index (κ1) is 25.4. The van der Waals surface area contributed by atoms with Gasteiger partial charge < -0.3 is 0 Å². The zero-order chi connectivity index (χ0) is 30.2. The summed E-state index contributed by atoms with van der Waals surface area (Å²) in [7, 11) is 0. The normalized spacial score (nSPS) is 11.9. The summed E-state index contributed by atoms with van der Waals surface area (Å²) in [5.41, 5.74) is 12.9. The molecule has 46 heavy (non-hydrogen) atoms. The molecule has 0 saturated heterocycles. The second-order valence-electron chi connectivity index (χ2n) is 12.4. The van der Waals surface area contributed by atoms with E-state index in [1.807, 2.05) is 0 Å². The van der Waals surface area contributed by atoms with Crippen molar-refractivity contribution in [3.63, 3.8) is 0 Å². The third-order valence-corrected chi connectivity index (χ3v) is 9.99. The molecule has 0 unspecified atom stereocenters. The fourth-order valence-corrected chi connectivity index (χ4v) is 7.96. The predicted molar refractivity (Wildman–Crippen MR) is 197 cm³/mol. The van der Waals surface area contributed by atoms with Crippen LogP contribution in [0.5, 0.6) is 0 Å². The second-order valence-corrected chi connectivity index (χ2v) is 12.4. The fraction of sp³-hybridized carbons (Fsp3) is 0. The van der Waals surface area contributed by atoms with Crippen molar-refractivity contribution in [2.45, 2.75) is 0 Å². The quantitative estimate of drug-likeness (QED) is 0.182. The lowest BCUT2D eigenvalue weighted by molar-refractivity contribution is 1.64. The van der Waals surface area contributed by atoms with Crippen LogP contribution in [0.3, 0.4) is 0 Å². The van der Waals surface area contributed by atoms with E-state index >= 15 is 0 Å². The highest BCUT2D eigenvalue weighted by Gasteiger charge is 2.24. The Bertz CT molecular complexity index is 2650. The molecule has 0 bridgehead atoms. The van der Waals surface area contributed by atoms with Gasteiger partial charge in [0, 0.05) is 0 Å². The monoisotopic (exact) mass is 580 g/mol. The molecule has 0 radical (unpaired) electrons. The minimum atomic E-state index is 1.23. The van der Waals surface area contributed by atoms with Crippen molar-refractivity contribution >= 4 is 43.1 Å². The van der Waals surface area contributed by atoms with E-state index in [1.54, 1.807) is 0 Å². The van der Waals surface area contributed by atoms with Crippen LogP contribution >= 0.6 is 0 Å². The molecule has 0 amide bonds. The summed E-state index contributed by atoms with van der Waals surface area (Å²) in [5.74, 6) is 0. The molecule has 9 aromatic rings. The first-order valence-electron chi connectivity index (χ1n) is 16.0. The minimum Gasteiger partial charge on any atom is -0.0622 e. The molecular formula is C46H28. The molecule has 0 aromatic heterocycles. The van der Waals surface area contributed by atoms with E-state index in [1.165, 1.54) is 98.7 Å². The van der Waals surface area contributed by atoms with Gasteiger partial charge in [0.05, 0.1) is 0 Å². The summed E-state index contributed by atoms with van der Waals surface area (Å²) in [6.45, 7) is 0. The molecule has 10 rings (SSSR count). The summed E-state index contributed by atoms with van der Waals surface area (Å²) in [4.78, 5) is 0. The summed E-state index contributed by atoms with van der Waals surface area (Å²) in [6.07, 6.45) is 0. The van der Waals surface area contributed by atoms with Crippen molar-refractivity contribution < 1.29 is 0 Å². The van der Waals surface area contributed by atoms with Gasteiger partial charge >= 0.3 is 0 Å². The van der Waals surface area contributed by atoms with E-state index in [0.717, 1.165) is 0 Å². The Morgan fingerprint density at radius 2 is 0.826 bits per heavy atom. The van der Waals surface area contributed by atoms with Gasteiger partial charge in [-0.1, -0.05) is 158 Å². The van der Waals surface area contributed by atoms with Crippen LogP contribution in [-0.4, -0.2) is 0 Å². The van der Waals surface area contributed by atoms with Crippen LogP contribution < -0.4 is 0 Å². The lowest BCUT2D eigenvalue weighted by atomic mass is 9.83. The first-order chi connectivity index (χ1) is 22.8. The van der Waals surface area contributed by atoms with Gasteiger partial charge in [0.2, 0.25) is 0 Å². The molecular weight excluding hydrogens is 553 g/mol.